The highest BCUT2D eigenvalue weighted by molar-refractivity contribution is 6.06. The Morgan fingerprint density at radius 1 is 1.00 bits per heavy atom. The third-order valence-electron chi connectivity index (χ3n) is 5.73. The van der Waals surface area contributed by atoms with E-state index in [1.807, 2.05) is 68.6 Å². The van der Waals surface area contributed by atoms with Gasteiger partial charge in [0.05, 0.1) is 5.69 Å². The van der Waals surface area contributed by atoms with Crippen molar-refractivity contribution in [1.82, 2.24) is 14.4 Å². The highest BCUT2D eigenvalue weighted by Crippen LogP contribution is 2.29. The van der Waals surface area contributed by atoms with Crippen molar-refractivity contribution >= 4 is 22.5 Å². The second kappa shape index (κ2) is 8.79. The van der Waals surface area contributed by atoms with E-state index in [2.05, 4.69) is 26.5 Å². The number of aromatic nitrogens is 1. The molecule has 0 spiro atoms. The molecule has 1 amide bonds. The van der Waals surface area contributed by atoms with Crippen LogP contribution in [0.3, 0.4) is 0 Å². The summed E-state index contributed by atoms with van der Waals surface area (Å²) in [6.07, 6.45) is 2.01. The Labute approximate surface area is 178 Å². The number of aryl methyl sites for hydroxylation is 1. The van der Waals surface area contributed by atoms with Crippen LogP contribution in [0.2, 0.25) is 0 Å². The fourth-order valence-corrected chi connectivity index (χ4v) is 3.99. The molecular formula is C24H30N4O2. The third kappa shape index (κ3) is 4.14. The third-order valence-corrected chi connectivity index (χ3v) is 5.73. The van der Waals surface area contributed by atoms with Gasteiger partial charge in [0.1, 0.15) is 12.4 Å². The number of piperazine rings is 1. The van der Waals surface area contributed by atoms with Gasteiger partial charge in [0.15, 0.2) is 0 Å². The maximum atomic E-state index is 13.2. The van der Waals surface area contributed by atoms with Crippen LogP contribution in [0.25, 0.3) is 10.9 Å². The number of para-hydroxylation sites is 2. The second-order valence-electron chi connectivity index (χ2n) is 8.06. The topological polar surface area (TPSA) is 41.0 Å². The van der Waals surface area contributed by atoms with E-state index in [1.54, 1.807) is 0 Å². The predicted octanol–water partition coefficient (Wildman–Crippen LogP) is 3.08. The van der Waals surface area contributed by atoms with E-state index in [4.69, 9.17) is 4.74 Å². The molecule has 6 heteroatoms. The number of hydrogen-bond acceptors (Lipinski definition) is 4. The maximum absolute atomic E-state index is 13.2. The van der Waals surface area contributed by atoms with Crippen LogP contribution in [-0.2, 0) is 7.05 Å². The molecule has 0 unspecified atom stereocenters. The van der Waals surface area contributed by atoms with Crippen LogP contribution in [0.5, 0.6) is 5.75 Å². The van der Waals surface area contributed by atoms with E-state index >= 15 is 0 Å². The minimum Gasteiger partial charge on any atom is -0.490 e. The number of rotatable bonds is 6. The normalized spacial score (nSPS) is 14.5. The molecule has 1 aliphatic rings. The summed E-state index contributed by atoms with van der Waals surface area (Å²) in [6.45, 7) is 4.53. The van der Waals surface area contributed by atoms with Crippen molar-refractivity contribution in [3.05, 3.63) is 60.3 Å². The standard InChI is InChI=1S/C24H30N4O2/c1-25(2)17-18-30-23-10-5-4-8-22(23)27-13-15-28(16-14-27)24(29)20-7-6-9-21-19(20)11-12-26(21)3/h4-12H,13-18H2,1-3H3. The quantitative estimate of drug-likeness (QED) is 0.631. The Balaban J connectivity index is 1.43. The Hall–Kier alpha value is -2.99. The molecule has 0 atom stereocenters. The first-order valence-electron chi connectivity index (χ1n) is 10.5. The number of nitrogens with zero attached hydrogens (tertiary/aromatic N) is 4. The zero-order valence-corrected chi connectivity index (χ0v) is 18.0. The minimum absolute atomic E-state index is 0.113. The molecule has 4 rings (SSSR count). The van der Waals surface area contributed by atoms with Crippen LogP contribution in [0, 0.1) is 0 Å². The summed E-state index contributed by atoms with van der Waals surface area (Å²) in [5.74, 6) is 1.02. The first-order valence-corrected chi connectivity index (χ1v) is 10.5. The zero-order chi connectivity index (χ0) is 21.1. The fourth-order valence-electron chi connectivity index (χ4n) is 3.99. The van der Waals surface area contributed by atoms with E-state index in [0.717, 1.165) is 47.5 Å². The van der Waals surface area contributed by atoms with Crippen molar-refractivity contribution in [2.75, 3.05) is 58.3 Å². The van der Waals surface area contributed by atoms with Gasteiger partial charge in [0.25, 0.3) is 5.91 Å². The largest absolute Gasteiger partial charge is 0.490 e. The van der Waals surface area contributed by atoms with Crippen molar-refractivity contribution in [3.63, 3.8) is 0 Å². The SMILES string of the molecule is CN(C)CCOc1ccccc1N1CCN(C(=O)c2cccc3c2ccn3C)CC1. The summed E-state index contributed by atoms with van der Waals surface area (Å²) < 4.78 is 8.08. The van der Waals surface area contributed by atoms with Crippen LogP contribution < -0.4 is 9.64 Å². The number of fused-ring (bicyclic) bond motifs is 1. The number of likely N-dealkylation sites (N-methyl/N-ethyl adjacent to an activating group) is 1. The summed E-state index contributed by atoms with van der Waals surface area (Å²) in [6, 6.07) is 16.2. The molecule has 2 aromatic carbocycles. The Bertz CT molecular complexity index is 1020. The van der Waals surface area contributed by atoms with Gasteiger partial charge in [-0.25, -0.2) is 0 Å². The molecule has 0 bridgehead atoms. The molecule has 0 aliphatic carbocycles. The molecule has 158 valence electrons. The lowest BCUT2D eigenvalue weighted by Crippen LogP contribution is -2.49. The summed E-state index contributed by atoms with van der Waals surface area (Å²) in [4.78, 5) is 19.6. The van der Waals surface area contributed by atoms with Crippen LogP contribution in [0.1, 0.15) is 10.4 Å². The summed E-state index contributed by atoms with van der Waals surface area (Å²) in [5, 5.41) is 1.02. The molecule has 3 aromatic rings. The van der Waals surface area contributed by atoms with Gasteiger partial charge in [-0.1, -0.05) is 18.2 Å². The van der Waals surface area contributed by atoms with Crippen LogP contribution in [0.4, 0.5) is 5.69 Å². The fraction of sp³-hybridized carbons (Fsp3) is 0.375. The van der Waals surface area contributed by atoms with Crippen molar-refractivity contribution in [1.29, 1.82) is 0 Å². The monoisotopic (exact) mass is 406 g/mol. The number of ether oxygens (including phenoxy) is 1. The van der Waals surface area contributed by atoms with Crippen LogP contribution in [-0.4, -0.2) is 73.7 Å². The zero-order valence-electron chi connectivity index (χ0n) is 18.0. The predicted molar refractivity (Wildman–Crippen MR) is 122 cm³/mol. The summed E-state index contributed by atoms with van der Waals surface area (Å²) in [7, 11) is 6.09. The molecule has 1 aromatic heterocycles. The number of amides is 1. The van der Waals surface area contributed by atoms with Gasteiger partial charge in [-0.2, -0.15) is 0 Å². The first-order chi connectivity index (χ1) is 14.5. The molecule has 30 heavy (non-hydrogen) atoms. The van der Waals surface area contributed by atoms with Gasteiger partial charge in [-0.05, 0) is 44.4 Å². The van der Waals surface area contributed by atoms with E-state index in [9.17, 15) is 4.79 Å². The molecule has 0 radical (unpaired) electrons. The van der Waals surface area contributed by atoms with E-state index < -0.39 is 0 Å². The maximum Gasteiger partial charge on any atom is 0.254 e. The van der Waals surface area contributed by atoms with Crippen molar-refractivity contribution < 1.29 is 9.53 Å². The first kappa shape index (κ1) is 20.3. The highest BCUT2D eigenvalue weighted by atomic mass is 16.5. The van der Waals surface area contributed by atoms with Gasteiger partial charge in [-0.15, -0.1) is 0 Å². The molecule has 0 N–H and O–H groups in total. The Morgan fingerprint density at radius 2 is 1.77 bits per heavy atom. The lowest BCUT2D eigenvalue weighted by molar-refractivity contribution is 0.0748. The number of anilines is 1. The highest BCUT2D eigenvalue weighted by Gasteiger charge is 2.25. The second-order valence-corrected chi connectivity index (χ2v) is 8.06. The Kier molecular flexibility index (Phi) is 5.95. The summed E-state index contributed by atoms with van der Waals surface area (Å²) >= 11 is 0. The molecule has 1 aliphatic heterocycles. The van der Waals surface area contributed by atoms with E-state index in [1.165, 1.54) is 0 Å². The molecular weight excluding hydrogens is 376 g/mol. The van der Waals surface area contributed by atoms with Crippen molar-refractivity contribution in [2.24, 2.45) is 7.05 Å². The van der Waals surface area contributed by atoms with Crippen molar-refractivity contribution in [3.8, 4) is 5.75 Å². The van der Waals surface area contributed by atoms with Gasteiger partial charge < -0.3 is 24.0 Å². The average Bonchev–Trinajstić information content (AvgIpc) is 3.14. The Morgan fingerprint density at radius 3 is 2.53 bits per heavy atom. The van der Waals surface area contributed by atoms with Gasteiger partial charge in [0, 0.05) is 62.4 Å². The smallest absolute Gasteiger partial charge is 0.254 e. The van der Waals surface area contributed by atoms with Crippen molar-refractivity contribution in [2.45, 2.75) is 0 Å². The van der Waals surface area contributed by atoms with E-state index in [0.29, 0.717) is 19.7 Å². The average molecular weight is 407 g/mol. The molecule has 2 heterocycles. The lowest BCUT2D eigenvalue weighted by Gasteiger charge is -2.37. The number of benzene rings is 2. The molecule has 1 saturated heterocycles. The molecule has 0 saturated carbocycles. The number of carbonyl (C=O) groups excluding carboxylic acids is 1. The van der Waals surface area contributed by atoms with Crippen LogP contribution >= 0.6 is 0 Å². The lowest BCUT2D eigenvalue weighted by atomic mass is 10.1. The minimum atomic E-state index is 0.113. The molecule has 1 fully saturated rings. The van der Waals surface area contributed by atoms with Crippen LogP contribution in [0.15, 0.2) is 54.7 Å². The number of carbonyl (C=O) groups is 1. The van der Waals surface area contributed by atoms with E-state index in [-0.39, 0.29) is 5.91 Å². The molecule has 6 nitrogen and oxygen atoms in total. The number of hydrogen-bond donors (Lipinski definition) is 0. The summed E-state index contributed by atoms with van der Waals surface area (Å²) in [5.41, 5.74) is 2.98. The van der Waals surface area contributed by atoms with Gasteiger partial charge in [-0.3, -0.25) is 4.79 Å². The van der Waals surface area contributed by atoms with Gasteiger partial charge >= 0.3 is 0 Å². The van der Waals surface area contributed by atoms with Gasteiger partial charge in [0.2, 0.25) is 0 Å².